The average Bonchev–Trinajstić information content (AvgIpc) is 2.41. The van der Waals surface area contributed by atoms with E-state index < -0.39 is 35.0 Å². The van der Waals surface area contributed by atoms with Crippen LogP contribution in [-0.2, 0) is 4.79 Å². The van der Waals surface area contributed by atoms with Crippen LogP contribution in [0.5, 0.6) is 0 Å². The number of anilines is 1. The fourth-order valence-corrected chi connectivity index (χ4v) is 2.52. The van der Waals surface area contributed by atoms with Crippen molar-refractivity contribution in [3.63, 3.8) is 0 Å². The summed E-state index contributed by atoms with van der Waals surface area (Å²) in [5.74, 6) is -4.65. The molecule has 7 heteroatoms. The number of rotatable bonds is 3. The van der Waals surface area contributed by atoms with Crippen LogP contribution < -0.4 is 11.1 Å². The number of nitrogens with one attached hydrogen (secondary N) is 1. The van der Waals surface area contributed by atoms with Gasteiger partial charge in [-0.3, -0.25) is 4.79 Å². The highest BCUT2D eigenvalue weighted by atomic mass is 19.1. The molecule has 0 saturated heterocycles. The Labute approximate surface area is 120 Å². The summed E-state index contributed by atoms with van der Waals surface area (Å²) in [6.07, 6.45) is 3.11. The van der Waals surface area contributed by atoms with Crippen molar-refractivity contribution in [1.29, 1.82) is 0 Å². The number of hydrogen-bond acceptors (Lipinski definition) is 3. The van der Waals surface area contributed by atoms with Crippen LogP contribution in [0.15, 0.2) is 12.1 Å². The maximum absolute atomic E-state index is 13.6. The molecule has 0 aromatic heterocycles. The van der Waals surface area contributed by atoms with Gasteiger partial charge in [0.15, 0.2) is 0 Å². The van der Waals surface area contributed by atoms with Gasteiger partial charge in [0, 0.05) is 12.1 Å². The van der Waals surface area contributed by atoms with Gasteiger partial charge in [0.05, 0.1) is 17.2 Å². The molecule has 114 valence electrons. The molecule has 0 bridgehead atoms. The number of hydrogen-bond donors (Lipinski definition) is 3. The Bertz CT molecular complexity index is 578. The Balaban J connectivity index is 2.20. The van der Waals surface area contributed by atoms with Crippen molar-refractivity contribution in [2.24, 2.45) is 11.7 Å². The van der Waals surface area contributed by atoms with Crippen molar-refractivity contribution in [2.75, 3.05) is 5.32 Å². The maximum atomic E-state index is 13.6. The van der Waals surface area contributed by atoms with Gasteiger partial charge < -0.3 is 16.2 Å². The highest BCUT2D eigenvalue weighted by Crippen LogP contribution is 2.26. The summed E-state index contributed by atoms with van der Waals surface area (Å²) in [6, 6.07) is 0.917. The minimum atomic E-state index is -1.53. The summed E-state index contributed by atoms with van der Waals surface area (Å²) in [5.41, 5.74) is 4.82. The molecule has 0 spiro atoms. The van der Waals surface area contributed by atoms with Crippen LogP contribution in [0.2, 0.25) is 0 Å². The molecule has 2 atom stereocenters. The number of benzene rings is 1. The summed E-state index contributed by atoms with van der Waals surface area (Å²) in [6.45, 7) is 0. The summed E-state index contributed by atoms with van der Waals surface area (Å²) in [7, 11) is 0. The second-order valence-corrected chi connectivity index (χ2v) is 5.16. The monoisotopic (exact) mass is 298 g/mol. The largest absolute Gasteiger partial charge is 0.478 e. The van der Waals surface area contributed by atoms with E-state index in [1.807, 2.05) is 0 Å². The number of carboxylic acids is 1. The Hall–Kier alpha value is -2.02. The molecule has 1 saturated carbocycles. The lowest BCUT2D eigenvalue weighted by Gasteiger charge is -2.27. The lowest BCUT2D eigenvalue weighted by Crippen LogP contribution is -2.40. The van der Waals surface area contributed by atoms with Gasteiger partial charge in [-0.25, -0.2) is 13.6 Å². The molecule has 0 radical (unpaired) electrons. The molecule has 0 aliphatic heterocycles. The summed E-state index contributed by atoms with van der Waals surface area (Å²) >= 11 is 0. The Morgan fingerprint density at radius 1 is 1.19 bits per heavy atom. The second-order valence-electron chi connectivity index (χ2n) is 5.16. The van der Waals surface area contributed by atoms with Crippen LogP contribution in [0.1, 0.15) is 36.0 Å². The van der Waals surface area contributed by atoms with E-state index in [2.05, 4.69) is 5.32 Å². The van der Waals surface area contributed by atoms with Gasteiger partial charge in [0.2, 0.25) is 5.91 Å². The number of halogens is 2. The van der Waals surface area contributed by atoms with Gasteiger partial charge in [-0.15, -0.1) is 0 Å². The number of nitrogens with two attached hydrogens (primary N) is 1. The Kier molecular flexibility index (Phi) is 4.52. The SMILES string of the molecule is NC1CCCCC1C(=O)Nc1cc(C(=O)O)c(F)cc1F. The van der Waals surface area contributed by atoms with E-state index in [9.17, 15) is 18.4 Å². The average molecular weight is 298 g/mol. The Morgan fingerprint density at radius 2 is 1.86 bits per heavy atom. The zero-order valence-corrected chi connectivity index (χ0v) is 11.2. The van der Waals surface area contributed by atoms with E-state index in [-0.39, 0.29) is 11.7 Å². The third-order valence-corrected chi connectivity index (χ3v) is 3.70. The zero-order chi connectivity index (χ0) is 15.6. The lowest BCUT2D eigenvalue weighted by atomic mass is 9.84. The van der Waals surface area contributed by atoms with E-state index in [0.717, 1.165) is 18.9 Å². The molecule has 21 heavy (non-hydrogen) atoms. The molecule has 1 aliphatic carbocycles. The van der Waals surface area contributed by atoms with Crippen molar-refractivity contribution in [3.05, 3.63) is 29.3 Å². The molecule has 5 nitrogen and oxygen atoms in total. The molecule has 0 heterocycles. The van der Waals surface area contributed by atoms with E-state index in [0.29, 0.717) is 18.9 Å². The molecule has 1 fully saturated rings. The van der Waals surface area contributed by atoms with Crippen molar-refractivity contribution in [2.45, 2.75) is 31.7 Å². The second kappa shape index (κ2) is 6.17. The van der Waals surface area contributed by atoms with Crippen molar-refractivity contribution in [3.8, 4) is 0 Å². The molecular formula is C14H16F2N2O3. The molecule has 4 N–H and O–H groups in total. The predicted octanol–water partition coefficient (Wildman–Crippen LogP) is 2.12. The summed E-state index contributed by atoms with van der Waals surface area (Å²) in [4.78, 5) is 22.9. The normalized spacial score (nSPS) is 21.9. The van der Waals surface area contributed by atoms with Gasteiger partial charge in [-0.2, -0.15) is 0 Å². The smallest absolute Gasteiger partial charge is 0.338 e. The Morgan fingerprint density at radius 3 is 2.48 bits per heavy atom. The molecule has 1 aromatic rings. The third kappa shape index (κ3) is 3.36. The van der Waals surface area contributed by atoms with Gasteiger partial charge >= 0.3 is 5.97 Å². The van der Waals surface area contributed by atoms with Gasteiger partial charge in [-0.05, 0) is 18.9 Å². The van der Waals surface area contributed by atoms with Crippen LogP contribution in [0.3, 0.4) is 0 Å². The van der Waals surface area contributed by atoms with E-state index in [1.165, 1.54) is 0 Å². The lowest BCUT2D eigenvalue weighted by molar-refractivity contribution is -0.121. The first-order valence-electron chi connectivity index (χ1n) is 6.69. The van der Waals surface area contributed by atoms with E-state index in [4.69, 9.17) is 10.8 Å². The first-order valence-corrected chi connectivity index (χ1v) is 6.69. The van der Waals surface area contributed by atoms with E-state index in [1.54, 1.807) is 0 Å². The number of carbonyl (C=O) groups excluding carboxylic acids is 1. The van der Waals surface area contributed by atoms with E-state index >= 15 is 0 Å². The van der Waals surface area contributed by atoms with Crippen LogP contribution >= 0.6 is 0 Å². The third-order valence-electron chi connectivity index (χ3n) is 3.70. The van der Waals surface area contributed by atoms with Crippen molar-refractivity contribution >= 4 is 17.6 Å². The topological polar surface area (TPSA) is 92.4 Å². The number of carbonyl (C=O) groups is 2. The van der Waals surface area contributed by atoms with Crippen molar-refractivity contribution in [1.82, 2.24) is 0 Å². The van der Waals surface area contributed by atoms with Gasteiger partial charge in [-0.1, -0.05) is 12.8 Å². The molecule has 2 unspecified atom stereocenters. The molecule has 1 amide bonds. The van der Waals surface area contributed by atoms with Gasteiger partial charge in [0.1, 0.15) is 11.6 Å². The van der Waals surface area contributed by atoms with Crippen LogP contribution in [0.4, 0.5) is 14.5 Å². The zero-order valence-electron chi connectivity index (χ0n) is 11.2. The minimum absolute atomic E-state index is 0.304. The molecule has 1 aromatic carbocycles. The number of aromatic carboxylic acids is 1. The minimum Gasteiger partial charge on any atom is -0.478 e. The predicted molar refractivity (Wildman–Crippen MR) is 71.9 cm³/mol. The quantitative estimate of drug-likeness (QED) is 0.797. The summed E-state index contributed by atoms with van der Waals surface area (Å²) in [5, 5.41) is 11.1. The summed E-state index contributed by atoms with van der Waals surface area (Å²) < 4.78 is 26.9. The molecule has 2 rings (SSSR count). The maximum Gasteiger partial charge on any atom is 0.338 e. The van der Waals surface area contributed by atoms with Crippen LogP contribution in [-0.4, -0.2) is 23.0 Å². The fraction of sp³-hybridized carbons (Fsp3) is 0.429. The molecule has 1 aliphatic rings. The number of amides is 1. The standard InChI is InChI=1S/C14H16F2N2O3/c15-9-6-10(16)12(5-8(9)14(20)21)18-13(19)7-3-1-2-4-11(7)17/h5-7,11H,1-4,17H2,(H,18,19)(H,20,21). The van der Waals surface area contributed by atoms with Crippen molar-refractivity contribution < 1.29 is 23.5 Å². The van der Waals surface area contributed by atoms with Crippen LogP contribution in [0.25, 0.3) is 0 Å². The first kappa shape index (κ1) is 15.4. The number of carboxylic acid groups (broad SMARTS) is 1. The fourth-order valence-electron chi connectivity index (χ4n) is 2.52. The van der Waals surface area contributed by atoms with Crippen LogP contribution in [0, 0.1) is 17.6 Å². The van der Waals surface area contributed by atoms with Gasteiger partial charge in [0.25, 0.3) is 0 Å². The highest BCUT2D eigenvalue weighted by Gasteiger charge is 2.29. The highest BCUT2D eigenvalue weighted by molar-refractivity contribution is 5.95. The first-order chi connectivity index (χ1) is 9.90. The molecular weight excluding hydrogens is 282 g/mol.